The number of aliphatic hydroxyl groups is 1. The van der Waals surface area contributed by atoms with Crippen molar-refractivity contribution in [1.29, 1.82) is 0 Å². The number of esters is 2. The first-order chi connectivity index (χ1) is 15.6. The molecule has 1 fully saturated rings. The first kappa shape index (κ1) is 21.8. The molecule has 3 aromatic rings. The number of fused-ring (bicyclic) bond motifs is 1. The maximum Gasteiger partial charge on any atom is 0.338 e. The number of rotatable bonds is 7. The van der Waals surface area contributed by atoms with Crippen LogP contribution in [0.15, 0.2) is 48.8 Å². The predicted octanol–water partition coefficient (Wildman–Crippen LogP) is 1.47. The molecule has 0 unspecified atom stereocenters. The summed E-state index contributed by atoms with van der Waals surface area (Å²) in [5, 5.41) is 8.82. The molecule has 0 amide bonds. The van der Waals surface area contributed by atoms with Crippen molar-refractivity contribution < 1.29 is 24.2 Å². The van der Waals surface area contributed by atoms with E-state index in [0.29, 0.717) is 17.6 Å². The number of carbonyl (C=O) groups is 2. The third-order valence-corrected chi connectivity index (χ3v) is 5.53. The Labute approximate surface area is 185 Å². The highest BCUT2D eigenvalue weighted by Gasteiger charge is 2.20. The van der Waals surface area contributed by atoms with Crippen molar-refractivity contribution in [3.63, 3.8) is 0 Å². The van der Waals surface area contributed by atoms with Crippen molar-refractivity contribution in [3.05, 3.63) is 54.4 Å². The van der Waals surface area contributed by atoms with E-state index in [2.05, 4.69) is 26.9 Å². The number of ether oxygens (including phenoxy) is 2. The summed E-state index contributed by atoms with van der Waals surface area (Å²) < 4.78 is 11.7. The number of benzene rings is 2. The molecule has 0 saturated carbocycles. The number of anilines is 1. The van der Waals surface area contributed by atoms with Crippen LogP contribution in [0, 0.1) is 0 Å². The summed E-state index contributed by atoms with van der Waals surface area (Å²) >= 11 is 0. The van der Waals surface area contributed by atoms with Gasteiger partial charge >= 0.3 is 11.9 Å². The number of nitrogens with zero attached hydrogens (tertiary/aromatic N) is 4. The summed E-state index contributed by atoms with van der Waals surface area (Å²) in [5.74, 6) is -0.693. The van der Waals surface area contributed by atoms with Gasteiger partial charge < -0.3 is 19.5 Å². The van der Waals surface area contributed by atoms with Crippen molar-refractivity contribution in [2.45, 2.75) is 0 Å². The van der Waals surface area contributed by atoms with Gasteiger partial charge in [-0.3, -0.25) is 14.3 Å². The van der Waals surface area contributed by atoms with E-state index in [1.165, 1.54) is 7.11 Å². The van der Waals surface area contributed by atoms with Crippen molar-refractivity contribution in [1.82, 2.24) is 14.5 Å². The highest BCUT2D eigenvalue weighted by molar-refractivity contribution is 5.94. The van der Waals surface area contributed by atoms with Gasteiger partial charge in [-0.25, -0.2) is 9.78 Å². The van der Waals surface area contributed by atoms with Gasteiger partial charge in [-0.15, -0.1) is 0 Å². The predicted molar refractivity (Wildman–Crippen MR) is 119 cm³/mol. The summed E-state index contributed by atoms with van der Waals surface area (Å²) in [6.45, 7) is 3.31. The van der Waals surface area contributed by atoms with E-state index in [9.17, 15) is 9.59 Å². The minimum absolute atomic E-state index is 0.0327. The van der Waals surface area contributed by atoms with Crippen LogP contribution in [-0.4, -0.2) is 84.5 Å². The molecule has 4 rings (SSSR count). The lowest BCUT2D eigenvalue weighted by Crippen LogP contribution is -2.48. The number of imidazole rings is 1. The molecule has 32 heavy (non-hydrogen) atoms. The third-order valence-electron chi connectivity index (χ3n) is 5.53. The first-order valence-corrected chi connectivity index (χ1v) is 10.5. The fourth-order valence-electron chi connectivity index (χ4n) is 3.82. The molecule has 0 atom stereocenters. The minimum atomic E-state index is -0.483. The van der Waals surface area contributed by atoms with Crippen LogP contribution in [0.25, 0.3) is 16.7 Å². The van der Waals surface area contributed by atoms with Crippen LogP contribution in [0.2, 0.25) is 0 Å². The van der Waals surface area contributed by atoms with Gasteiger partial charge in [0, 0.05) is 37.6 Å². The molecule has 1 aliphatic heterocycles. The van der Waals surface area contributed by atoms with E-state index >= 15 is 0 Å². The Hall–Kier alpha value is -3.43. The van der Waals surface area contributed by atoms with Crippen molar-refractivity contribution in [3.8, 4) is 5.69 Å². The second-order valence-electron chi connectivity index (χ2n) is 7.54. The Morgan fingerprint density at radius 1 is 1.06 bits per heavy atom. The van der Waals surface area contributed by atoms with E-state index in [0.717, 1.165) is 43.1 Å². The molecule has 0 spiro atoms. The summed E-state index contributed by atoms with van der Waals surface area (Å²) in [6.07, 6.45) is 1.74. The fourth-order valence-corrected chi connectivity index (χ4v) is 3.82. The molecule has 0 aliphatic carbocycles. The highest BCUT2D eigenvalue weighted by Crippen LogP contribution is 2.24. The second-order valence-corrected chi connectivity index (χ2v) is 7.54. The first-order valence-electron chi connectivity index (χ1n) is 10.5. The molecule has 1 aliphatic rings. The van der Waals surface area contributed by atoms with Crippen LogP contribution in [0.4, 0.5) is 5.69 Å². The monoisotopic (exact) mass is 438 g/mol. The standard InChI is InChI=1S/C23H26N4O5/c1-31-22(29)15-25-7-9-26(10-8-25)18-3-2-4-19(14-18)27-16-24-20-13-17(5-6-21(20)27)23(30)32-12-11-28/h2-6,13-14,16,28H,7-12,15H2,1H3. The van der Waals surface area contributed by atoms with Crippen LogP contribution < -0.4 is 4.90 Å². The largest absolute Gasteiger partial charge is 0.468 e. The molecule has 0 radical (unpaired) electrons. The molecule has 2 aromatic carbocycles. The van der Waals surface area contributed by atoms with Gasteiger partial charge in [0.15, 0.2) is 0 Å². The number of piperazine rings is 1. The summed E-state index contributed by atoms with van der Waals surface area (Å²) in [4.78, 5) is 32.4. The van der Waals surface area contributed by atoms with Gasteiger partial charge in [0.2, 0.25) is 0 Å². The van der Waals surface area contributed by atoms with Gasteiger partial charge in [0.25, 0.3) is 0 Å². The molecule has 0 bridgehead atoms. The molecule has 2 heterocycles. The Morgan fingerprint density at radius 3 is 2.59 bits per heavy atom. The van der Waals surface area contributed by atoms with Gasteiger partial charge in [-0.2, -0.15) is 0 Å². The lowest BCUT2D eigenvalue weighted by Gasteiger charge is -2.35. The normalized spacial score (nSPS) is 14.5. The van der Waals surface area contributed by atoms with Crippen LogP contribution in [0.3, 0.4) is 0 Å². The Morgan fingerprint density at radius 2 is 1.84 bits per heavy atom. The van der Waals surface area contributed by atoms with Crippen LogP contribution in [-0.2, 0) is 14.3 Å². The van der Waals surface area contributed by atoms with E-state index in [1.54, 1.807) is 18.5 Å². The van der Waals surface area contributed by atoms with Gasteiger partial charge in [-0.05, 0) is 36.4 Å². The van der Waals surface area contributed by atoms with Crippen molar-refractivity contribution in [2.24, 2.45) is 0 Å². The molecular formula is C23H26N4O5. The number of aliphatic hydroxyl groups excluding tert-OH is 1. The van der Waals surface area contributed by atoms with Crippen LogP contribution >= 0.6 is 0 Å². The lowest BCUT2D eigenvalue weighted by atomic mass is 10.2. The maximum atomic E-state index is 12.0. The number of methoxy groups -OCH3 is 1. The third kappa shape index (κ3) is 4.74. The zero-order valence-corrected chi connectivity index (χ0v) is 17.9. The number of hydrogen-bond acceptors (Lipinski definition) is 8. The molecular weight excluding hydrogens is 412 g/mol. The molecule has 9 heteroatoms. The molecule has 168 valence electrons. The lowest BCUT2D eigenvalue weighted by molar-refractivity contribution is -0.142. The fraction of sp³-hybridized carbons (Fsp3) is 0.348. The SMILES string of the molecule is COC(=O)CN1CCN(c2cccc(-n3cnc4cc(C(=O)OCCO)ccc43)c2)CC1. The van der Waals surface area contributed by atoms with Gasteiger partial charge in [0.1, 0.15) is 12.9 Å². The zero-order chi connectivity index (χ0) is 22.5. The van der Waals surface area contributed by atoms with E-state index < -0.39 is 5.97 Å². The number of hydrogen-bond donors (Lipinski definition) is 1. The summed E-state index contributed by atoms with van der Waals surface area (Å²) in [7, 11) is 1.41. The average Bonchev–Trinajstić information content (AvgIpc) is 3.26. The van der Waals surface area contributed by atoms with Crippen molar-refractivity contribution in [2.75, 3.05) is 57.9 Å². The minimum Gasteiger partial charge on any atom is -0.468 e. The average molecular weight is 438 g/mol. The molecule has 1 saturated heterocycles. The smallest absolute Gasteiger partial charge is 0.338 e. The molecule has 1 aromatic heterocycles. The van der Waals surface area contributed by atoms with E-state index in [-0.39, 0.29) is 19.2 Å². The molecule has 9 nitrogen and oxygen atoms in total. The van der Waals surface area contributed by atoms with Gasteiger partial charge in [-0.1, -0.05) is 6.07 Å². The van der Waals surface area contributed by atoms with E-state index in [1.807, 2.05) is 22.8 Å². The van der Waals surface area contributed by atoms with E-state index in [4.69, 9.17) is 14.6 Å². The van der Waals surface area contributed by atoms with Gasteiger partial charge in [0.05, 0.1) is 36.9 Å². The second kappa shape index (κ2) is 9.80. The topological polar surface area (TPSA) is 97.1 Å². The Balaban J connectivity index is 1.50. The summed E-state index contributed by atoms with van der Waals surface area (Å²) in [6, 6.07) is 13.4. The zero-order valence-electron chi connectivity index (χ0n) is 17.9. The maximum absolute atomic E-state index is 12.0. The number of carbonyl (C=O) groups excluding carboxylic acids is 2. The number of aromatic nitrogens is 2. The Kier molecular flexibility index (Phi) is 6.67. The molecule has 1 N–H and O–H groups in total. The summed E-state index contributed by atoms with van der Waals surface area (Å²) in [5.41, 5.74) is 4.03. The quantitative estimate of drug-likeness (QED) is 0.554. The van der Waals surface area contributed by atoms with Crippen molar-refractivity contribution >= 4 is 28.7 Å². The van der Waals surface area contributed by atoms with Crippen LogP contribution in [0.5, 0.6) is 0 Å². The van der Waals surface area contributed by atoms with Crippen LogP contribution in [0.1, 0.15) is 10.4 Å². The highest BCUT2D eigenvalue weighted by atomic mass is 16.5. The Bertz CT molecular complexity index is 1100.